The second-order valence-electron chi connectivity index (χ2n) is 4.28. The molecule has 0 fully saturated rings. The molecule has 1 aromatic carbocycles. The van der Waals surface area contributed by atoms with E-state index in [1.165, 1.54) is 18.4 Å². The molecule has 4 nitrogen and oxygen atoms in total. The van der Waals surface area contributed by atoms with Crippen molar-refractivity contribution in [1.82, 2.24) is 5.32 Å². The van der Waals surface area contributed by atoms with Gasteiger partial charge in [-0.05, 0) is 36.4 Å². The fourth-order valence-electron chi connectivity index (χ4n) is 1.62. The Bertz CT molecular complexity index is 577. The average Bonchev–Trinajstić information content (AvgIpc) is 2.95. The van der Waals surface area contributed by atoms with Crippen LogP contribution >= 0.6 is 0 Å². The van der Waals surface area contributed by atoms with Crippen molar-refractivity contribution < 1.29 is 22.4 Å². The number of furan rings is 1. The van der Waals surface area contributed by atoms with E-state index < -0.39 is 11.7 Å². The summed E-state index contributed by atoms with van der Waals surface area (Å²) in [6, 6.07) is 7.92. The minimum absolute atomic E-state index is 0.0356. The molecular weight excluding hydrogens is 285 g/mol. The van der Waals surface area contributed by atoms with E-state index in [0.717, 1.165) is 12.1 Å². The SMILES string of the molecule is O=C(CNc1ccc(C(F)(F)F)cc1)NCc1ccco1. The van der Waals surface area contributed by atoms with E-state index in [2.05, 4.69) is 10.6 Å². The second-order valence-corrected chi connectivity index (χ2v) is 4.28. The molecule has 0 unspecified atom stereocenters. The summed E-state index contributed by atoms with van der Waals surface area (Å²) < 4.78 is 42.2. The molecule has 7 heteroatoms. The Kier molecular flexibility index (Phi) is 4.52. The third kappa shape index (κ3) is 4.55. The van der Waals surface area contributed by atoms with Crippen LogP contribution in [-0.4, -0.2) is 12.5 Å². The first-order chi connectivity index (χ1) is 9.95. The summed E-state index contributed by atoms with van der Waals surface area (Å²) in [7, 11) is 0. The molecule has 0 bridgehead atoms. The standard InChI is InChI=1S/C14H13F3N2O2/c15-14(16,17)10-3-5-11(6-4-10)18-9-13(20)19-8-12-2-1-7-21-12/h1-7,18H,8-9H2,(H,19,20). The molecule has 2 N–H and O–H groups in total. The number of hydrogen-bond acceptors (Lipinski definition) is 3. The lowest BCUT2D eigenvalue weighted by molar-refractivity contribution is -0.137. The van der Waals surface area contributed by atoms with E-state index in [-0.39, 0.29) is 19.0 Å². The van der Waals surface area contributed by atoms with E-state index in [4.69, 9.17) is 4.42 Å². The molecule has 2 aromatic rings. The van der Waals surface area contributed by atoms with Crippen LogP contribution in [0.5, 0.6) is 0 Å². The quantitative estimate of drug-likeness (QED) is 0.892. The van der Waals surface area contributed by atoms with Gasteiger partial charge in [-0.25, -0.2) is 0 Å². The lowest BCUT2D eigenvalue weighted by atomic mass is 10.2. The van der Waals surface area contributed by atoms with E-state index in [1.807, 2.05) is 0 Å². The van der Waals surface area contributed by atoms with Gasteiger partial charge in [0.25, 0.3) is 0 Å². The minimum Gasteiger partial charge on any atom is -0.467 e. The molecule has 1 aromatic heterocycles. The van der Waals surface area contributed by atoms with Crippen molar-refractivity contribution >= 4 is 11.6 Å². The van der Waals surface area contributed by atoms with Crippen LogP contribution in [-0.2, 0) is 17.5 Å². The second kappa shape index (κ2) is 6.34. The van der Waals surface area contributed by atoms with Crippen molar-refractivity contribution in [3.05, 3.63) is 54.0 Å². The molecule has 0 saturated carbocycles. The molecule has 2 rings (SSSR count). The van der Waals surface area contributed by atoms with Crippen molar-refractivity contribution in [2.45, 2.75) is 12.7 Å². The maximum Gasteiger partial charge on any atom is 0.416 e. The van der Waals surface area contributed by atoms with Crippen LogP contribution in [0.25, 0.3) is 0 Å². The van der Waals surface area contributed by atoms with Gasteiger partial charge in [-0.15, -0.1) is 0 Å². The zero-order valence-corrected chi connectivity index (χ0v) is 10.9. The molecule has 0 aliphatic heterocycles. The summed E-state index contributed by atoms with van der Waals surface area (Å²) in [6.07, 6.45) is -2.86. The van der Waals surface area contributed by atoms with Gasteiger partial charge in [0.1, 0.15) is 5.76 Å². The molecule has 0 aliphatic rings. The zero-order chi connectivity index (χ0) is 15.3. The van der Waals surface area contributed by atoms with Crippen molar-refractivity contribution in [2.75, 3.05) is 11.9 Å². The number of carbonyl (C=O) groups is 1. The van der Waals surface area contributed by atoms with Gasteiger partial charge in [0.2, 0.25) is 5.91 Å². The van der Waals surface area contributed by atoms with Gasteiger partial charge in [-0.3, -0.25) is 4.79 Å². The summed E-state index contributed by atoms with van der Waals surface area (Å²) in [5.41, 5.74) is -0.286. The minimum atomic E-state index is -4.36. The first-order valence-electron chi connectivity index (χ1n) is 6.15. The predicted octanol–water partition coefficient (Wildman–Crippen LogP) is 3.03. The number of benzene rings is 1. The van der Waals surface area contributed by atoms with Crippen LogP contribution in [0.4, 0.5) is 18.9 Å². The van der Waals surface area contributed by atoms with Crippen LogP contribution < -0.4 is 10.6 Å². The molecule has 112 valence electrons. The number of alkyl halides is 3. The zero-order valence-electron chi connectivity index (χ0n) is 10.9. The Morgan fingerprint density at radius 1 is 1.14 bits per heavy atom. The largest absolute Gasteiger partial charge is 0.467 e. The average molecular weight is 298 g/mol. The summed E-state index contributed by atoms with van der Waals surface area (Å²) in [5, 5.41) is 5.36. The van der Waals surface area contributed by atoms with Crippen LogP contribution in [0.3, 0.4) is 0 Å². The normalized spacial score (nSPS) is 11.2. The predicted molar refractivity (Wildman–Crippen MR) is 70.5 cm³/mol. The summed E-state index contributed by atoms with van der Waals surface area (Å²) in [5.74, 6) is 0.337. The van der Waals surface area contributed by atoms with Gasteiger partial charge in [0, 0.05) is 5.69 Å². The first kappa shape index (κ1) is 15.0. The molecule has 21 heavy (non-hydrogen) atoms. The van der Waals surface area contributed by atoms with Crippen molar-refractivity contribution in [1.29, 1.82) is 0 Å². The van der Waals surface area contributed by atoms with Gasteiger partial charge in [-0.1, -0.05) is 0 Å². The Labute approximate surface area is 119 Å². The van der Waals surface area contributed by atoms with Gasteiger partial charge in [-0.2, -0.15) is 13.2 Å². The Balaban J connectivity index is 1.78. The van der Waals surface area contributed by atoms with Crippen molar-refractivity contribution in [3.8, 4) is 0 Å². The molecule has 0 atom stereocenters. The first-order valence-corrected chi connectivity index (χ1v) is 6.15. The fraction of sp³-hybridized carbons (Fsp3) is 0.214. The van der Waals surface area contributed by atoms with E-state index >= 15 is 0 Å². The highest BCUT2D eigenvalue weighted by Crippen LogP contribution is 2.29. The van der Waals surface area contributed by atoms with Gasteiger partial charge < -0.3 is 15.1 Å². The lowest BCUT2D eigenvalue weighted by Crippen LogP contribution is -2.29. The molecular formula is C14H13F3N2O2. The number of nitrogens with one attached hydrogen (secondary N) is 2. The Morgan fingerprint density at radius 2 is 1.86 bits per heavy atom. The van der Waals surface area contributed by atoms with Crippen LogP contribution in [0, 0.1) is 0 Å². The molecule has 1 amide bonds. The van der Waals surface area contributed by atoms with E-state index in [0.29, 0.717) is 11.4 Å². The number of amides is 1. The molecule has 1 heterocycles. The summed E-state index contributed by atoms with van der Waals surface area (Å²) >= 11 is 0. The van der Waals surface area contributed by atoms with E-state index in [9.17, 15) is 18.0 Å². The maximum atomic E-state index is 12.4. The third-order valence-corrected chi connectivity index (χ3v) is 2.71. The van der Waals surface area contributed by atoms with Crippen LogP contribution in [0.15, 0.2) is 47.1 Å². The van der Waals surface area contributed by atoms with Crippen molar-refractivity contribution in [2.24, 2.45) is 0 Å². The molecule has 0 aliphatic carbocycles. The number of carbonyl (C=O) groups excluding carboxylic acids is 1. The molecule has 0 spiro atoms. The lowest BCUT2D eigenvalue weighted by Gasteiger charge is -2.09. The number of hydrogen-bond donors (Lipinski definition) is 2. The number of rotatable bonds is 5. The maximum absolute atomic E-state index is 12.4. The van der Waals surface area contributed by atoms with Crippen molar-refractivity contribution in [3.63, 3.8) is 0 Å². The molecule has 0 saturated heterocycles. The monoisotopic (exact) mass is 298 g/mol. The summed E-state index contributed by atoms with van der Waals surface area (Å²) in [4.78, 5) is 11.5. The van der Waals surface area contributed by atoms with E-state index in [1.54, 1.807) is 12.1 Å². The highest BCUT2D eigenvalue weighted by Gasteiger charge is 2.29. The molecule has 0 radical (unpaired) electrons. The highest BCUT2D eigenvalue weighted by atomic mass is 19.4. The fourth-order valence-corrected chi connectivity index (χ4v) is 1.62. The van der Waals surface area contributed by atoms with Gasteiger partial charge in [0.05, 0.1) is 24.9 Å². The highest BCUT2D eigenvalue weighted by molar-refractivity contribution is 5.80. The van der Waals surface area contributed by atoms with Crippen LogP contribution in [0.1, 0.15) is 11.3 Å². The smallest absolute Gasteiger partial charge is 0.416 e. The number of anilines is 1. The van der Waals surface area contributed by atoms with Gasteiger partial charge in [0.15, 0.2) is 0 Å². The third-order valence-electron chi connectivity index (χ3n) is 2.71. The van der Waals surface area contributed by atoms with Gasteiger partial charge >= 0.3 is 6.18 Å². The van der Waals surface area contributed by atoms with Crippen LogP contribution in [0.2, 0.25) is 0 Å². The summed E-state index contributed by atoms with van der Waals surface area (Å²) in [6.45, 7) is 0.229. The Morgan fingerprint density at radius 3 is 2.43 bits per heavy atom. The topological polar surface area (TPSA) is 54.3 Å². The number of halogens is 3. The Hall–Kier alpha value is -2.44.